The van der Waals surface area contributed by atoms with Crippen molar-refractivity contribution >= 4 is 11.0 Å². The van der Waals surface area contributed by atoms with Gasteiger partial charge in [-0.05, 0) is 18.2 Å². The third-order valence-corrected chi connectivity index (χ3v) is 2.59. The molecule has 0 radical (unpaired) electrons. The molecule has 0 saturated carbocycles. The monoisotopic (exact) mass is 211 g/mol. The first-order valence-electron chi connectivity index (χ1n) is 5.15. The number of pyridine rings is 1. The Morgan fingerprint density at radius 1 is 1.12 bits per heavy atom. The van der Waals surface area contributed by atoms with Gasteiger partial charge in [-0.2, -0.15) is 0 Å². The van der Waals surface area contributed by atoms with Crippen molar-refractivity contribution in [2.75, 3.05) is 0 Å². The van der Waals surface area contributed by atoms with Gasteiger partial charge in [0.1, 0.15) is 12.7 Å². The molecule has 3 rings (SSSR count). The summed E-state index contributed by atoms with van der Waals surface area (Å²) in [5.41, 5.74) is 2.78. The molecule has 0 amide bonds. The van der Waals surface area contributed by atoms with E-state index in [-0.39, 0.29) is 0 Å². The summed E-state index contributed by atoms with van der Waals surface area (Å²) in [4.78, 5) is 0. The normalized spacial score (nSPS) is 10.8. The Balaban J connectivity index is 2.26. The Bertz CT molecular complexity index is 643. The average Bonchev–Trinajstić information content (AvgIpc) is 2.72. The fourth-order valence-electron chi connectivity index (χ4n) is 1.82. The summed E-state index contributed by atoms with van der Waals surface area (Å²) in [5, 5.41) is 5.17. The summed E-state index contributed by atoms with van der Waals surface area (Å²) in [5.74, 6) is 0. The molecule has 0 aliphatic heterocycles. The number of fused-ring (bicyclic) bond motifs is 1. The molecule has 0 aliphatic rings. The number of benzene rings is 1. The van der Waals surface area contributed by atoms with Crippen LogP contribution < -0.4 is 4.57 Å². The molecule has 0 spiro atoms. The lowest BCUT2D eigenvalue weighted by atomic mass is 10.1. The molecule has 2 heterocycles. The van der Waals surface area contributed by atoms with Crippen LogP contribution in [0.25, 0.3) is 22.2 Å². The molecule has 0 fully saturated rings. The lowest BCUT2D eigenvalue weighted by Gasteiger charge is -1.93. The quantitative estimate of drug-likeness (QED) is 0.578. The standard InChI is InChI=1S/C13H11N2O/c1-15-8-4-5-10(9-15)13-11-6-2-3-7-12(11)16-14-13/h2-9H,1H3/q+1. The van der Waals surface area contributed by atoms with Gasteiger partial charge in [0.15, 0.2) is 18.0 Å². The number of hydrogen-bond donors (Lipinski definition) is 0. The third kappa shape index (κ3) is 1.37. The SMILES string of the molecule is C[n+]1cccc(-c2noc3ccccc23)c1. The molecular weight excluding hydrogens is 200 g/mol. The van der Waals surface area contributed by atoms with Gasteiger partial charge in [-0.1, -0.05) is 17.3 Å². The van der Waals surface area contributed by atoms with Crippen LogP contribution >= 0.6 is 0 Å². The van der Waals surface area contributed by atoms with Crippen LogP contribution in [0.2, 0.25) is 0 Å². The van der Waals surface area contributed by atoms with E-state index in [0.29, 0.717) is 0 Å². The van der Waals surface area contributed by atoms with Gasteiger partial charge in [0.2, 0.25) is 0 Å². The molecule has 0 N–H and O–H groups in total. The Kier molecular flexibility index (Phi) is 1.96. The van der Waals surface area contributed by atoms with E-state index in [1.165, 1.54) is 0 Å². The maximum atomic E-state index is 5.28. The Labute approximate surface area is 92.9 Å². The first-order chi connectivity index (χ1) is 7.84. The number of nitrogens with zero attached hydrogens (tertiary/aromatic N) is 2. The van der Waals surface area contributed by atoms with Crippen molar-refractivity contribution in [1.29, 1.82) is 0 Å². The van der Waals surface area contributed by atoms with Gasteiger partial charge in [-0.3, -0.25) is 0 Å². The summed E-state index contributed by atoms with van der Waals surface area (Å²) >= 11 is 0. The molecule has 78 valence electrons. The molecule has 0 unspecified atom stereocenters. The first-order valence-corrected chi connectivity index (χ1v) is 5.15. The zero-order chi connectivity index (χ0) is 11.0. The van der Waals surface area contributed by atoms with Crippen LogP contribution in [0.3, 0.4) is 0 Å². The molecule has 3 heteroatoms. The van der Waals surface area contributed by atoms with Gasteiger partial charge in [0, 0.05) is 11.5 Å². The maximum absolute atomic E-state index is 5.28. The number of para-hydroxylation sites is 1. The summed E-state index contributed by atoms with van der Waals surface area (Å²) in [6.45, 7) is 0. The zero-order valence-electron chi connectivity index (χ0n) is 8.92. The van der Waals surface area contributed by atoms with Crippen molar-refractivity contribution in [3.05, 3.63) is 48.8 Å². The van der Waals surface area contributed by atoms with Crippen molar-refractivity contribution in [2.24, 2.45) is 7.05 Å². The van der Waals surface area contributed by atoms with Crippen LogP contribution in [0.5, 0.6) is 0 Å². The number of rotatable bonds is 1. The highest BCUT2D eigenvalue weighted by molar-refractivity contribution is 5.90. The van der Waals surface area contributed by atoms with Crippen LogP contribution in [0.4, 0.5) is 0 Å². The van der Waals surface area contributed by atoms with Gasteiger partial charge >= 0.3 is 0 Å². The van der Waals surface area contributed by atoms with E-state index in [4.69, 9.17) is 4.52 Å². The predicted molar refractivity (Wildman–Crippen MR) is 60.6 cm³/mol. The van der Waals surface area contributed by atoms with Gasteiger partial charge in [-0.15, -0.1) is 0 Å². The molecule has 0 atom stereocenters. The Morgan fingerprint density at radius 3 is 2.88 bits per heavy atom. The smallest absolute Gasteiger partial charge is 0.178 e. The van der Waals surface area contributed by atoms with Crippen LogP contribution in [0.1, 0.15) is 0 Å². The highest BCUT2D eigenvalue weighted by atomic mass is 16.5. The highest BCUT2D eigenvalue weighted by Gasteiger charge is 2.11. The highest BCUT2D eigenvalue weighted by Crippen LogP contribution is 2.26. The second-order valence-corrected chi connectivity index (χ2v) is 3.79. The second-order valence-electron chi connectivity index (χ2n) is 3.79. The van der Waals surface area contributed by atoms with E-state index in [1.54, 1.807) is 0 Å². The topological polar surface area (TPSA) is 29.9 Å². The number of aryl methyl sites for hydroxylation is 1. The third-order valence-electron chi connectivity index (χ3n) is 2.59. The van der Waals surface area contributed by atoms with Crippen molar-refractivity contribution in [3.8, 4) is 11.3 Å². The van der Waals surface area contributed by atoms with Crippen LogP contribution in [0, 0.1) is 0 Å². The van der Waals surface area contributed by atoms with Crippen LogP contribution in [-0.4, -0.2) is 5.16 Å². The predicted octanol–water partition coefficient (Wildman–Crippen LogP) is 2.32. The lowest BCUT2D eigenvalue weighted by molar-refractivity contribution is -0.671. The summed E-state index contributed by atoms with van der Waals surface area (Å²) in [6.07, 6.45) is 4.02. The molecule has 3 nitrogen and oxygen atoms in total. The minimum Gasteiger partial charge on any atom is -0.356 e. The lowest BCUT2D eigenvalue weighted by Crippen LogP contribution is -2.26. The van der Waals surface area contributed by atoms with Crippen molar-refractivity contribution in [2.45, 2.75) is 0 Å². The summed E-state index contributed by atoms with van der Waals surface area (Å²) in [6, 6.07) is 11.9. The molecule has 16 heavy (non-hydrogen) atoms. The van der Waals surface area contributed by atoms with Gasteiger partial charge < -0.3 is 4.52 Å². The van der Waals surface area contributed by atoms with E-state index in [9.17, 15) is 0 Å². The summed E-state index contributed by atoms with van der Waals surface area (Å²) < 4.78 is 7.28. The molecule has 3 aromatic rings. The minimum atomic E-state index is 0.823. The van der Waals surface area contributed by atoms with Crippen LogP contribution in [0.15, 0.2) is 53.3 Å². The van der Waals surface area contributed by atoms with E-state index < -0.39 is 0 Å². The maximum Gasteiger partial charge on any atom is 0.178 e. The van der Waals surface area contributed by atoms with E-state index in [0.717, 1.165) is 22.2 Å². The largest absolute Gasteiger partial charge is 0.356 e. The van der Waals surface area contributed by atoms with E-state index >= 15 is 0 Å². The molecule has 1 aromatic carbocycles. The van der Waals surface area contributed by atoms with Crippen molar-refractivity contribution in [1.82, 2.24) is 5.16 Å². The average molecular weight is 211 g/mol. The molecular formula is C13H11N2O+. The summed E-state index contributed by atoms with van der Waals surface area (Å²) in [7, 11) is 1.99. The van der Waals surface area contributed by atoms with Crippen molar-refractivity contribution < 1.29 is 9.09 Å². The Hall–Kier alpha value is -2.16. The fourth-order valence-corrected chi connectivity index (χ4v) is 1.82. The molecule has 2 aromatic heterocycles. The molecule has 0 bridgehead atoms. The molecule has 0 aliphatic carbocycles. The van der Waals surface area contributed by atoms with E-state index in [1.807, 2.05) is 60.4 Å². The Morgan fingerprint density at radius 2 is 2.00 bits per heavy atom. The van der Waals surface area contributed by atoms with E-state index in [2.05, 4.69) is 5.16 Å². The van der Waals surface area contributed by atoms with Crippen LogP contribution in [-0.2, 0) is 7.05 Å². The van der Waals surface area contributed by atoms with Gasteiger partial charge in [0.05, 0.1) is 5.56 Å². The van der Waals surface area contributed by atoms with Crippen molar-refractivity contribution in [3.63, 3.8) is 0 Å². The first kappa shape index (κ1) is 9.09. The fraction of sp³-hybridized carbons (Fsp3) is 0.0769. The second kappa shape index (κ2) is 3.45. The zero-order valence-corrected chi connectivity index (χ0v) is 8.92. The van der Waals surface area contributed by atoms with Gasteiger partial charge in [0.25, 0.3) is 0 Å². The number of aromatic nitrogens is 2. The van der Waals surface area contributed by atoms with Gasteiger partial charge in [-0.25, -0.2) is 4.57 Å². The molecule has 0 saturated heterocycles. The number of hydrogen-bond acceptors (Lipinski definition) is 2. The minimum absolute atomic E-state index is 0.823.